The lowest BCUT2D eigenvalue weighted by Gasteiger charge is -2.18. The number of esters is 1. The number of carbonyl (C=O) groups is 4. The smallest absolute Gasteiger partial charge is 0.338 e. The molecule has 5 aromatic carbocycles. The highest BCUT2D eigenvalue weighted by Crippen LogP contribution is 2.39. The molecule has 0 aliphatic carbocycles. The molecule has 1 unspecified atom stereocenters. The van der Waals surface area contributed by atoms with E-state index in [-0.39, 0.29) is 11.6 Å². The van der Waals surface area contributed by atoms with Gasteiger partial charge in [-0.15, -0.1) is 11.8 Å². The number of benzene rings is 5. The summed E-state index contributed by atoms with van der Waals surface area (Å²) in [5.41, 5.74) is 3.04. The van der Waals surface area contributed by atoms with Crippen molar-refractivity contribution in [2.75, 3.05) is 38.6 Å². The number of hydrogen-bond donors (Lipinski definition) is 3. The Hall–Kier alpha value is -6.53. The van der Waals surface area contributed by atoms with Crippen LogP contribution >= 0.6 is 11.8 Å². The maximum Gasteiger partial charge on any atom is 0.338 e. The number of anilines is 2. The largest absolute Gasteiger partial charge is 0.493 e. The lowest BCUT2D eigenvalue weighted by molar-refractivity contribution is -0.116. The fourth-order valence-electron chi connectivity index (χ4n) is 5.44. The molecule has 5 rings (SSSR count). The molecule has 0 saturated carbocycles. The van der Waals surface area contributed by atoms with Crippen LogP contribution in [0.2, 0.25) is 0 Å². The number of carbonyl (C=O) groups excluding carboxylic acids is 4. The van der Waals surface area contributed by atoms with Crippen LogP contribution in [0.1, 0.15) is 56.9 Å². The molecule has 0 heterocycles. The Morgan fingerprint density at radius 3 is 1.88 bits per heavy atom. The van der Waals surface area contributed by atoms with E-state index in [1.165, 1.54) is 39.2 Å². The van der Waals surface area contributed by atoms with Gasteiger partial charge in [0.05, 0.1) is 33.5 Å². The number of methoxy groups -OCH3 is 3. The highest BCUT2D eigenvalue weighted by molar-refractivity contribution is 8.00. The Balaban J connectivity index is 1.33. The van der Waals surface area contributed by atoms with Crippen molar-refractivity contribution in [2.45, 2.75) is 29.9 Å². The van der Waals surface area contributed by atoms with Crippen LogP contribution in [0.3, 0.4) is 0 Å². The first kappa shape index (κ1) is 40.7. The summed E-state index contributed by atoms with van der Waals surface area (Å²) in [4.78, 5) is 53.8. The normalized spacial score (nSPS) is 11.5. The van der Waals surface area contributed by atoms with Gasteiger partial charge in [0.2, 0.25) is 11.7 Å². The molecule has 11 nitrogen and oxygen atoms in total. The maximum atomic E-state index is 13.8. The van der Waals surface area contributed by atoms with Gasteiger partial charge in [0.25, 0.3) is 11.8 Å². The number of thioether (sulfide) groups is 1. The maximum absolute atomic E-state index is 13.8. The summed E-state index contributed by atoms with van der Waals surface area (Å²) in [6.07, 6.45) is 3.23. The summed E-state index contributed by atoms with van der Waals surface area (Å²) < 4.78 is 21.7. The van der Waals surface area contributed by atoms with Crippen molar-refractivity contribution in [3.63, 3.8) is 0 Å². The summed E-state index contributed by atoms with van der Waals surface area (Å²) >= 11 is 1.34. The van der Waals surface area contributed by atoms with E-state index >= 15 is 0 Å². The number of rotatable bonds is 17. The van der Waals surface area contributed by atoms with E-state index in [0.29, 0.717) is 51.9 Å². The zero-order chi connectivity index (χ0) is 39.9. The SMILES string of the molecule is CCCCOC(=O)c1ccc(NC(=O)C(Sc2ccc(NC(=O)/C(=C/c3cc(OC)c(OC)c(OC)c3)NC(=O)c3ccccc3)cc2)c2ccccc2)cc1. The molecule has 3 amide bonds. The molecule has 12 heteroatoms. The summed E-state index contributed by atoms with van der Waals surface area (Å²) in [5.74, 6) is -0.584. The van der Waals surface area contributed by atoms with Crippen LogP contribution in [0.5, 0.6) is 17.2 Å². The van der Waals surface area contributed by atoms with Crippen molar-refractivity contribution in [1.82, 2.24) is 5.32 Å². The molecule has 0 radical (unpaired) electrons. The van der Waals surface area contributed by atoms with E-state index < -0.39 is 23.0 Å². The fourth-order valence-corrected chi connectivity index (χ4v) is 6.46. The molecule has 56 heavy (non-hydrogen) atoms. The van der Waals surface area contributed by atoms with Crippen LogP contribution in [-0.2, 0) is 14.3 Å². The van der Waals surface area contributed by atoms with Crippen molar-refractivity contribution in [1.29, 1.82) is 0 Å². The number of amides is 3. The van der Waals surface area contributed by atoms with Crippen molar-refractivity contribution in [2.24, 2.45) is 0 Å². The van der Waals surface area contributed by atoms with E-state index in [2.05, 4.69) is 16.0 Å². The topological polar surface area (TPSA) is 141 Å². The molecule has 0 aliphatic rings. The standard InChI is InChI=1S/C44H43N3O8S/c1-5-6-25-55-44(51)32-17-19-33(20-18-32)46-43(50)40(30-13-9-7-10-14-30)56-35-23-21-34(22-24-35)45-42(49)36(47-41(48)31-15-11-8-12-16-31)26-29-27-37(52-2)39(54-4)38(28-29)53-3/h7-24,26-28,40H,5-6,25H2,1-4H3,(H,45,49)(H,46,50)(H,47,48)/b36-26-. The monoisotopic (exact) mass is 773 g/mol. The minimum Gasteiger partial charge on any atom is -0.493 e. The molecule has 288 valence electrons. The van der Waals surface area contributed by atoms with Gasteiger partial charge in [0, 0.05) is 21.8 Å². The van der Waals surface area contributed by atoms with Gasteiger partial charge in [0.15, 0.2) is 11.5 Å². The second kappa shape index (κ2) is 20.2. The molecule has 0 bridgehead atoms. The minimum absolute atomic E-state index is 0.0335. The van der Waals surface area contributed by atoms with Crippen molar-refractivity contribution >= 4 is 52.9 Å². The highest BCUT2D eigenvalue weighted by Gasteiger charge is 2.23. The number of ether oxygens (including phenoxy) is 4. The van der Waals surface area contributed by atoms with Crippen LogP contribution < -0.4 is 30.2 Å². The molecule has 0 fully saturated rings. The first-order chi connectivity index (χ1) is 27.2. The van der Waals surface area contributed by atoms with Gasteiger partial charge >= 0.3 is 5.97 Å². The van der Waals surface area contributed by atoms with Crippen LogP contribution in [0, 0.1) is 0 Å². The Bertz CT molecular complexity index is 2120. The third-order valence-electron chi connectivity index (χ3n) is 8.35. The zero-order valence-electron chi connectivity index (χ0n) is 31.5. The van der Waals surface area contributed by atoms with E-state index in [0.717, 1.165) is 23.3 Å². The minimum atomic E-state index is -0.628. The molecular weight excluding hydrogens is 731 g/mol. The van der Waals surface area contributed by atoms with E-state index in [4.69, 9.17) is 18.9 Å². The average Bonchev–Trinajstić information content (AvgIpc) is 3.23. The van der Waals surface area contributed by atoms with Crippen molar-refractivity contribution in [3.8, 4) is 17.2 Å². The van der Waals surface area contributed by atoms with Gasteiger partial charge in [0.1, 0.15) is 10.9 Å². The Labute approximate surface area is 330 Å². The number of unbranched alkanes of at least 4 members (excludes halogenated alkanes) is 1. The van der Waals surface area contributed by atoms with Gasteiger partial charge < -0.3 is 34.9 Å². The third kappa shape index (κ3) is 11.0. The van der Waals surface area contributed by atoms with Gasteiger partial charge in [-0.1, -0.05) is 61.9 Å². The van der Waals surface area contributed by atoms with Gasteiger partial charge in [-0.2, -0.15) is 0 Å². The molecule has 0 saturated heterocycles. The zero-order valence-corrected chi connectivity index (χ0v) is 32.3. The summed E-state index contributed by atoms with van der Waals surface area (Å²) in [5, 5.41) is 7.94. The van der Waals surface area contributed by atoms with E-state index in [9.17, 15) is 19.2 Å². The Morgan fingerprint density at radius 1 is 0.696 bits per heavy atom. The summed E-state index contributed by atoms with van der Waals surface area (Å²) in [6, 6.07) is 34.9. The van der Waals surface area contributed by atoms with Crippen LogP contribution in [0.25, 0.3) is 6.08 Å². The number of nitrogens with one attached hydrogen (secondary N) is 3. The second-order valence-electron chi connectivity index (χ2n) is 12.3. The number of hydrogen-bond acceptors (Lipinski definition) is 9. The van der Waals surface area contributed by atoms with Crippen LogP contribution in [0.4, 0.5) is 11.4 Å². The quantitative estimate of drug-likeness (QED) is 0.0367. The molecular formula is C44H43N3O8S. The average molecular weight is 774 g/mol. The lowest BCUT2D eigenvalue weighted by atomic mass is 10.1. The van der Waals surface area contributed by atoms with Crippen molar-refractivity contribution in [3.05, 3.63) is 149 Å². The lowest BCUT2D eigenvalue weighted by Crippen LogP contribution is -2.30. The molecule has 1 atom stereocenters. The predicted octanol–water partition coefficient (Wildman–Crippen LogP) is 8.55. The Morgan fingerprint density at radius 2 is 1.29 bits per heavy atom. The van der Waals surface area contributed by atoms with Crippen molar-refractivity contribution < 1.29 is 38.1 Å². The molecule has 3 N–H and O–H groups in total. The van der Waals surface area contributed by atoms with Crippen LogP contribution in [-0.4, -0.2) is 51.6 Å². The van der Waals surface area contributed by atoms with Crippen LogP contribution in [0.15, 0.2) is 132 Å². The van der Waals surface area contributed by atoms with E-state index in [1.807, 2.05) is 37.3 Å². The molecule has 0 aromatic heterocycles. The highest BCUT2D eigenvalue weighted by atomic mass is 32.2. The Kier molecular flexibility index (Phi) is 14.7. The predicted molar refractivity (Wildman–Crippen MR) is 218 cm³/mol. The first-order valence-corrected chi connectivity index (χ1v) is 18.7. The summed E-state index contributed by atoms with van der Waals surface area (Å²) in [6.45, 7) is 2.38. The van der Waals surface area contributed by atoms with Gasteiger partial charge in [-0.3, -0.25) is 14.4 Å². The third-order valence-corrected chi connectivity index (χ3v) is 9.62. The molecule has 0 spiro atoms. The molecule has 5 aromatic rings. The fraction of sp³-hybridized carbons (Fsp3) is 0.182. The van der Waals surface area contributed by atoms with Gasteiger partial charge in [-0.05, 0) is 96.4 Å². The summed E-state index contributed by atoms with van der Waals surface area (Å²) in [7, 11) is 4.47. The first-order valence-electron chi connectivity index (χ1n) is 17.8. The van der Waals surface area contributed by atoms with E-state index in [1.54, 1.807) is 91.0 Å². The second-order valence-corrected chi connectivity index (χ2v) is 13.5. The molecule has 0 aliphatic heterocycles. The van der Waals surface area contributed by atoms with Gasteiger partial charge in [-0.25, -0.2) is 4.79 Å².